The first-order valence-electron chi connectivity index (χ1n) is 5.04. The summed E-state index contributed by atoms with van der Waals surface area (Å²) in [6.45, 7) is 1.84. The molecule has 17 heavy (non-hydrogen) atoms. The summed E-state index contributed by atoms with van der Waals surface area (Å²) in [5.41, 5.74) is 1.73. The van der Waals surface area contributed by atoms with Crippen LogP contribution in [-0.2, 0) is 0 Å². The third kappa shape index (κ3) is 1.42. The lowest BCUT2D eigenvalue weighted by molar-refractivity contribution is 1.14. The van der Waals surface area contributed by atoms with E-state index >= 15 is 0 Å². The maximum atomic E-state index is 11.3. The minimum Gasteiger partial charge on any atom is -0.316 e. The first kappa shape index (κ1) is 9.71. The molecule has 3 aromatic rings. The first-order valence-corrected chi connectivity index (χ1v) is 5.04. The highest BCUT2D eigenvalue weighted by Crippen LogP contribution is 2.17. The Balaban J connectivity index is 2.59. The molecule has 6 nitrogen and oxygen atoms in total. The van der Waals surface area contributed by atoms with Gasteiger partial charge in [-0.25, -0.2) is 4.98 Å². The van der Waals surface area contributed by atoms with Crippen molar-refractivity contribution in [2.24, 2.45) is 0 Å². The monoisotopic (exact) mass is 228 g/mol. The van der Waals surface area contributed by atoms with Crippen molar-refractivity contribution in [1.82, 2.24) is 19.9 Å². The molecule has 84 valence electrons. The molecule has 0 atom stereocenters. The van der Waals surface area contributed by atoms with Crippen molar-refractivity contribution >= 4 is 22.1 Å². The number of aryl methyl sites for hydroxylation is 1. The van der Waals surface area contributed by atoms with Crippen LogP contribution in [0.15, 0.2) is 27.9 Å². The lowest BCUT2D eigenvalue weighted by Gasteiger charge is -2.02. The Morgan fingerprint density at radius 3 is 2.71 bits per heavy atom. The Morgan fingerprint density at radius 1 is 1.12 bits per heavy atom. The van der Waals surface area contributed by atoms with Gasteiger partial charge in [0.05, 0.1) is 22.2 Å². The highest BCUT2D eigenvalue weighted by molar-refractivity contribution is 5.99. The molecule has 2 N–H and O–H groups in total. The molecule has 0 aliphatic carbocycles. The van der Waals surface area contributed by atoms with Gasteiger partial charge in [-0.15, -0.1) is 0 Å². The minimum atomic E-state index is -0.688. The number of rotatable bonds is 0. The molecule has 0 bridgehead atoms. The summed E-state index contributed by atoms with van der Waals surface area (Å²) in [7, 11) is 0. The number of hydrogen-bond acceptors (Lipinski definition) is 4. The third-order valence-corrected chi connectivity index (χ3v) is 2.53. The van der Waals surface area contributed by atoms with Crippen molar-refractivity contribution in [3.8, 4) is 0 Å². The summed E-state index contributed by atoms with van der Waals surface area (Å²) < 4.78 is 0. The fourth-order valence-electron chi connectivity index (χ4n) is 1.76. The second-order valence-corrected chi connectivity index (χ2v) is 3.78. The number of aromatic nitrogens is 4. The Hall–Kier alpha value is -2.50. The molecule has 6 heteroatoms. The lowest BCUT2D eigenvalue weighted by atomic mass is 10.2. The van der Waals surface area contributed by atoms with E-state index in [0.717, 1.165) is 5.69 Å². The molecule has 0 saturated heterocycles. The van der Waals surface area contributed by atoms with E-state index in [0.29, 0.717) is 22.1 Å². The van der Waals surface area contributed by atoms with E-state index in [9.17, 15) is 9.59 Å². The molecule has 0 amide bonds. The molecular formula is C11H8N4O2. The molecule has 0 fully saturated rings. The van der Waals surface area contributed by atoms with E-state index in [1.165, 1.54) is 0 Å². The SMILES string of the molecule is Cc1cnc2c(ccc3[nH]c(=O)c(=O)[nH]c32)n1. The van der Waals surface area contributed by atoms with Crippen LogP contribution in [0.2, 0.25) is 0 Å². The fraction of sp³-hybridized carbons (Fsp3) is 0.0909. The van der Waals surface area contributed by atoms with Gasteiger partial charge in [-0.1, -0.05) is 0 Å². The first-order chi connectivity index (χ1) is 8.15. The van der Waals surface area contributed by atoms with Gasteiger partial charge >= 0.3 is 11.1 Å². The van der Waals surface area contributed by atoms with Gasteiger partial charge in [0.25, 0.3) is 0 Å². The molecule has 0 saturated carbocycles. The molecule has 1 aromatic carbocycles. The number of H-pyrrole nitrogens is 2. The van der Waals surface area contributed by atoms with Gasteiger partial charge in [-0.3, -0.25) is 14.6 Å². The fourth-order valence-corrected chi connectivity index (χ4v) is 1.76. The lowest BCUT2D eigenvalue weighted by Crippen LogP contribution is -2.29. The normalized spacial score (nSPS) is 11.1. The van der Waals surface area contributed by atoms with Gasteiger partial charge in [-0.05, 0) is 19.1 Å². The van der Waals surface area contributed by atoms with Gasteiger partial charge in [0, 0.05) is 6.20 Å². The van der Waals surface area contributed by atoms with Crippen LogP contribution in [0, 0.1) is 6.92 Å². The third-order valence-electron chi connectivity index (χ3n) is 2.53. The number of aromatic amines is 2. The topological polar surface area (TPSA) is 91.5 Å². The highest BCUT2D eigenvalue weighted by Gasteiger charge is 2.06. The molecule has 2 aromatic heterocycles. The van der Waals surface area contributed by atoms with Crippen molar-refractivity contribution in [2.75, 3.05) is 0 Å². The summed E-state index contributed by atoms with van der Waals surface area (Å²) in [5, 5.41) is 0. The summed E-state index contributed by atoms with van der Waals surface area (Å²) in [4.78, 5) is 36.0. The van der Waals surface area contributed by atoms with E-state index in [-0.39, 0.29) is 0 Å². The van der Waals surface area contributed by atoms with Crippen LogP contribution in [0.3, 0.4) is 0 Å². The molecule has 0 unspecified atom stereocenters. The van der Waals surface area contributed by atoms with Crippen LogP contribution >= 0.6 is 0 Å². The van der Waals surface area contributed by atoms with E-state index in [4.69, 9.17) is 0 Å². The van der Waals surface area contributed by atoms with Gasteiger partial charge in [0.1, 0.15) is 5.52 Å². The summed E-state index contributed by atoms with van der Waals surface area (Å²) in [6, 6.07) is 3.45. The number of nitrogens with zero attached hydrogens (tertiary/aromatic N) is 2. The Bertz CT molecular complexity index is 847. The van der Waals surface area contributed by atoms with Crippen LogP contribution in [0.1, 0.15) is 5.69 Å². The van der Waals surface area contributed by atoms with Crippen LogP contribution in [0.4, 0.5) is 0 Å². The minimum absolute atomic E-state index is 0.500. The summed E-state index contributed by atoms with van der Waals surface area (Å²) in [6.07, 6.45) is 1.62. The molecular weight excluding hydrogens is 220 g/mol. The second-order valence-electron chi connectivity index (χ2n) is 3.78. The average molecular weight is 228 g/mol. The van der Waals surface area contributed by atoms with Crippen molar-refractivity contribution in [2.45, 2.75) is 6.92 Å². The zero-order valence-corrected chi connectivity index (χ0v) is 8.94. The molecule has 3 rings (SSSR count). The van der Waals surface area contributed by atoms with Crippen LogP contribution in [0.25, 0.3) is 22.1 Å². The average Bonchev–Trinajstić information content (AvgIpc) is 2.30. The zero-order chi connectivity index (χ0) is 12.0. The van der Waals surface area contributed by atoms with Gasteiger partial charge in [0.2, 0.25) is 0 Å². The van der Waals surface area contributed by atoms with Gasteiger partial charge in [0.15, 0.2) is 0 Å². The van der Waals surface area contributed by atoms with Crippen LogP contribution in [-0.4, -0.2) is 19.9 Å². The van der Waals surface area contributed by atoms with Gasteiger partial charge < -0.3 is 9.97 Å². The Labute approximate surface area is 94.4 Å². The van der Waals surface area contributed by atoms with E-state index in [1.807, 2.05) is 6.92 Å². The van der Waals surface area contributed by atoms with Crippen molar-refractivity contribution in [3.63, 3.8) is 0 Å². The second kappa shape index (κ2) is 3.24. The largest absolute Gasteiger partial charge is 0.316 e. The molecule has 0 spiro atoms. The number of hydrogen-bond donors (Lipinski definition) is 2. The zero-order valence-electron chi connectivity index (χ0n) is 8.94. The smallest absolute Gasteiger partial charge is 0.314 e. The Kier molecular flexibility index (Phi) is 1.85. The van der Waals surface area contributed by atoms with Gasteiger partial charge in [-0.2, -0.15) is 0 Å². The Morgan fingerprint density at radius 2 is 1.88 bits per heavy atom. The summed E-state index contributed by atoms with van der Waals surface area (Å²) >= 11 is 0. The predicted molar refractivity (Wildman–Crippen MR) is 63.0 cm³/mol. The van der Waals surface area contributed by atoms with E-state index in [1.54, 1.807) is 18.3 Å². The molecule has 0 aliphatic rings. The van der Waals surface area contributed by atoms with Crippen molar-refractivity contribution in [1.29, 1.82) is 0 Å². The molecule has 2 heterocycles. The van der Waals surface area contributed by atoms with Crippen molar-refractivity contribution in [3.05, 3.63) is 44.7 Å². The predicted octanol–water partition coefficient (Wildman–Crippen LogP) is 0.468. The number of benzene rings is 1. The molecule has 0 radical (unpaired) electrons. The highest BCUT2D eigenvalue weighted by atomic mass is 16.2. The standard InChI is InChI=1S/C11H8N4O2/c1-5-4-12-8-6(13-5)2-3-7-9(8)15-11(17)10(16)14-7/h2-4H,1H3,(H,14,16)(H,15,17). The van der Waals surface area contributed by atoms with Crippen LogP contribution < -0.4 is 11.1 Å². The maximum absolute atomic E-state index is 11.3. The maximum Gasteiger partial charge on any atom is 0.314 e. The van der Waals surface area contributed by atoms with E-state index < -0.39 is 11.1 Å². The number of fused-ring (bicyclic) bond motifs is 3. The number of nitrogens with one attached hydrogen (secondary N) is 2. The quantitative estimate of drug-likeness (QED) is 0.432. The summed E-state index contributed by atoms with van der Waals surface area (Å²) in [5.74, 6) is 0. The van der Waals surface area contributed by atoms with Crippen LogP contribution in [0.5, 0.6) is 0 Å². The molecule has 0 aliphatic heterocycles. The van der Waals surface area contributed by atoms with Crippen molar-refractivity contribution < 1.29 is 0 Å². The van der Waals surface area contributed by atoms with E-state index in [2.05, 4.69) is 19.9 Å².